The molecular weight excluding hydrogens is 680 g/mol. The van der Waals surface area contributed by atoms with Crippen LogP contribution in [0.3, 0.4) is 0 Å². The molecule has 4 aromatic rings. The highest BCUT2D eigenvalue weighted by atomic mass is 16.5. The molecule has 16 heteroatoms. The van der Waals surface area contributed by atoms with Crippen LogP contribution >= 0.6 is 0 Å². The first kappa shape index (κ1) is 35.0. The van der Waals surface area contributed by atoms with Crippen molar-refractivity contribution in [3.8, 4) is 23.0 Å². The van der Waals surface area contributed by atoms with E-state index in [1.807, 2.05) is 0 Å². The monoisotopic (exact) mass is 714 g/mol. The number of hydrogen-bond acceptors (Lipinski definition) is 12. The lowest BCUT2D eigenvalue weighted by atomic mass is 9.68. The van der Waals surface area contributed by atoms with E-state index in [9.17, 15) is 39.6 Å². The lowest BCUT2D eigenvalue weighted by Gasteiger charge is -2.36. The molecule has 0 aliphatic heterocycles. The second kappa shape index (κ2) is 13.5. The molecule has 0 saturated carbocycles. The molecule has 0 saturated heterocycles. The minimum Gasteiger partial charge on any atom is -0.481 e. The average Bonchev–Trinajstić information content (AvgIpc) is 3.23. The lowest BCUT2D eigenvalue weighted by molar-refractivity contribution is -0.140. The number of aliphatic carboxylic acids is 4. The third-order valence-electron chi connectivity index (χ3n) is 8.79. The molecular formula is C36H34N4O12. The Morgan fingerprint density at radius 2 is 0.731 bits per heavy atom. The van der Waals surface area contributed by atoms with Crippen LogP contribution in [0.15, 0.2) is 48.5 Å². The van der Waals surface area contributed by atoms with Crippen molar-refractivity contribution < 1.29 is 58.6 Å². The molecule has 2 aliphatic rings. The van der Waals surface area contributed by atoms with Crippen LogP contribution in [0.2, 0.25) is 0 Å². The van der Waals surface area contributed by atoms with Crippen LogP contribution in [0.4, 0.5) is 22.7 Å². The molecule has 16 nitrogen and oxygen atoms in total. The fraction of sp³-hybridized carbons (Fsp3) is 0.222. The molecule has 0 heterocycles. The summed E-state index contributed by atoms with van der Waals surface area (Å²) >= 11 is 0. The number of carboxylic acid groups (broad SMARTS) is 4. The number of carboxylic acids is 4. The van der Waals surface area contributed by atoms with E-state index in [2.05, 4.69) is 0 Å². The molecule has 0 fully saturated rings. The molecule has 6 rings (SSSR count). The van der Waals surface area contributed by atoms with Crippen LogP contribution in [0.1, 0.15) is 44.5 Å². The van der Waals surface area contributed by atoms with E-state index in [1.54, 1.807) is 48.5 Å². The number of hydrogen-bond donors (Lipinski definition) is 8. The first-order valence-corrected chi connectivity index (χ1v) is 15.7. The van der Waals surface area contributed by atoms with Crippen LogP contribution in [-0.2, 0) is 43.9 Å². The highest BCUT2D eigenvalue weighted by Crippen LogP contribution is 2.59. The van der Waals surface area contributed by atoms with Gasteiger partial charge in [0.05, 0.1) is 5.41 Å². The summed E-state index contributed by atoms with van der Waals surface area (Å²) in [6.45, 7) is -3.06. The Kier molecular flexibility index (Phi) is 9.06. The molecule has 270 valence electrons. The highest BCUT2D eigenvalue weighted by Gasteiger charge is 2.50. The van der Waals surface area contributed by atoms with Gasteiger partial charge in [0.25, 0.3) is 0 Å². The van der Waals surface area contributed by atoms with Crippen LogP contribution in [0, 0.1) is 0 Å². The number of anilines is 4. The summed E-state index contributed by atoms with van der Waals surface area (Å²) in [7, 11) is 0. The molecule has 2 aliphatic carbocycles. The largest absolute Gasteiger partial charge is 0.481 e. The molecule has 1 spiro atoms. The maximum atomic E-state index is 12.0. The lowest BCUT2D eigenvalue weighted by Crippen LogP contribution is -2.32. The number of nitrogen functional groups attached to an aromatic ring is 4. The minimum atomic E-state index is -1.51. The van der Waals surface area contributed by atoms with E-state index >= 15 is 0 Å². The van der Waals surface area contributed by atoms with Crippen LogP contribution in [-0.4, -0.2) is 70.7 Å². The molecule has 0 atom stereocenters. The topological polar surface area (TPSA) is 290 Å². The van der Waals surface area contributed by atoms with E-state index < -0.39 is 55.7 Å². The highest BCUT2D eigenvalue weighted by molar-refractivity contribution is 5.78. The Bertz CT molecular complexity index is 2070. The second-order valence-corrected chi connectivity index (χ2v) is 12.5. The number of benzene rings is 4. The Hall–Kier alpha value is -6.84. The van der Waals surface area contributed by atoms with Gasteiger partial charge in [-0.25, -0.2) is 19.2 Å². The van der Waals surface area contributed by atoms with Crippen molar-refractivity contribution in [2.45, 2.75) is 24.7 Å². The third-order valence-corrected chi connectivity index (χ3v) is 8.79. The van der Waals surface area contributed by atoms with Gasteiger partial charge in [-0.05, 0) is 60.5 Å². The summed E-state index contributed by atoms with van der Waals surface area (Å²) in [4.78, 5) is 47.4. The van der Waals surface area contributed by atoms with E-state index in [0.717, 1.165) is 0 Å². The number of ether oxygens (including phenoxy) is 4. The van der Waals surface area contributed by atoms with E-state index in [1.165, 1.54) is 0 Å². The minimum absolute atomic E-state index is 0.0123. The van der Waals surface area contributed by atoms with Gasteiger partial charge in [0.1, 0.15) is 23.0 Å². The molecule has 0 amide bonds. The van der Waals surface area contributed by atoms with Crippen LogP contribution in [0.25, 0.3) is 0 Å². The Balaban J connectivity index is 1.79. The van der Waals surface area contributed by atoms with Crippen molar-refractivity contribution in [3.05, 3.63) is 93.0 Å². The van der Waals surface area contributed by atoms with Crippen molar-refractivity contribution in [2.75, 3.05) is 49.4 Å². The van der Waals surface area contributed by atoms with Gasteiger partial charge in [0.15, 0.2) is 26.4 Å². The molecule has 52 heavy (non-hydrogen) atoms. The number of fused-ring (bicyclic) bond motifs is 11. The first-order valence-electron chi connectivity index (χ1n) is 15.7. The quantitative estimate of drug-likeness (QED) is 0.0976. The summed E-state index contributed by atoms with van der Waals surface area (Å²) < 4.78 is 23.9. The van der Waals surface area contributed by atoms with Gasteiger partial charge in [-0.1, -0.05) is 0 Å². The number of rotatable bonds is 12. The first-order chi connectivity index (χ1) is 24.7. The molecule has 12 N–H and O–H groups in total. The average molecular weight is 715 g/mol. The number of carbonyl (C=O) groups is 4. The van der Waals surface area contributed by atoms with Gasteiger partial charge >= 0.3 is 23.9 Å². The zero-order valence-electron chi connectivity index (χ0n) is 27.4. The summed E-state index contributed by atoms with van der Waals surface area (Å²) in [6.07, 6.45) is -0.0500. The summed E-state index contributed by atoms with van der Waals surface area (Å²) in [5.74, 6) is -4.71. The summed E-state index contributed by atoms with van der Waals surface area (Å²) in [5.41, 5.74) is 28.3. The molecule has 0 aromatic heterocycles. The van der Waals surface area contributed by atoms with Gasteiger partial charge in [-0.2, -0.15) is 0 Å². The second-order valence-electron chi connectivity index (χ2n) is 12.5. The van der Waals surface area contributed by atoms with Gasteiger partial charge in [0.2, 0.25) is 0 Å². The van der Waals surface area contributed by atoms with E-state index in [0.29, 0.717) is 33.4 Å². The van der Waals surface area contributed by atoms with Crippen LogP contribution < -0.4 is 41.9 Å². The fourth-order valence-electron chi connectivity index (χ4n) is 7.18. The molecule has 0 radical (unpaired) electrons. The van der Waals surface area contributed by atoms with Gasteiger partial charge in [-0.15, -0.1) is 0 Å². The van der Waals surface area contributed by atoms with Crippen LogP contribution in [0.5, 0.6) is 23.0 Å². The Morgan fingerprint density at radius 3 is 1.08 bits per heavy atom. The van der Waals surface area contributed by atoms with Crippen molar-refractivity contribution in [2.24, 2.45) is 0 Å². The predicted octanol–water partition coefficient (Wildman–Crippen LogP) is 2.25. The zero-order chi connectivity index (χ0) is 37.5. The zero-order valence-corrected chi connectivity index (χ0v) is 27.4. The standard InChI is InChI=1S/C36H34N4O12/c37-21-3-16-1-18-5-22(38)8-25(33(18)50-13-29(43)44)36(11-20-7-24(40)10-27(36)35(20)52-15-31(47)48)26-9-23(39)6-19(34(26)51-14-30(45)46)2-17(4-21)32(16)49-12-28(41)42/h3-10H,1-2,11-15,37-40H2,(H,41,42)(H,43,44)(H,45,46)(H,47,48). The summed E-state index contributed by atoms with van der Waals surface area (Å²) in [6, 6.07) is 12.6. The third kappa shape index (κ3) is 6.56. The Morgan fingerprint density at radius 1 is 0.462 bits per heavy atom. The SMILES string of the molecule is Nc1cc2c(OCC(=O)O)c(c1)Cc1cc(N)cc(c1OCC(=O)O)C1(Cc3cc(N)cc1c3OCC(=O)O)c1cc(N)cc(c1OCC(=O)O)C2. The van der Waals surface area contributed by atoms with E-state index in [-0.39, 0.29) is 76.1 Å². The van der Waals surface area contributed by atoms with Crippen molar-refractivity contribution in [1.82, 2.24) is 0 Å². The maximum absolute atomic E-state index is 12.0. The fourth-order valence-corrected chi connectivity index (χ4v) is 7.18. The van der Waals surface area contributed by atoms with E-state index in [4.69, 9.17) is 41.9 Å². The van der Waals surface area contributed by atoms with Gasteiger partial charge in [0, 0.05) is 74.5 Å². The number of nitrogens with two attached hydrogens (primary N) is 4. The van der Waals surface area contributed by atoms with Gasteiger partial charge in [-0.3, -0.25) is 0 Å². The van der Waals surface area contributed by atoms with Crippen molar-refractivity contribution >= 4 is 46.6 Å². The van der Waals surface area contributed by atoms with Crippen molar-refractivity contribution in [3.63, 3.8) is 0 Å². The predicted molar refractivity (Wildman–Crippen MR) is 185 cm³/mol. The molecule has 8 bridgehead atoms. The summed E-state index contributed by atoms with van der Waals surface area (Å²) in [5, 5.41) is 38.7. The maximum Gasteiger partial charge on any atom is 0.341 e. The normalized spacial score (nSPS) is 13.4. The van der Waals surface area contributed by atoms with Gasteiger partial charge < -0.3 is 62.3 Å². The molecule has 4 aromatic carbocycles. The molecule has 0 unspecified atom stereocenters. The smallest absolute Gasteiger partial charge is 0.341 e. The Labute approximate surface area is 295 Å². The van der Waals surface area contributed by atoms with Crippen molar-refractivity contribution in [1.29, 1.82) is 0 Å².